The van der Waals surface area contributed by atoms with Crippen LogP contribution in [0.2, 0.25) is 0 Å². The van der Waals surface area contributed by atoms with E-state index in [1.165, 1.54) is 5.56 Å². The first kappa shape index (κ1) is 15.2. The molecule has 1 amide bonds. The van der Waals surface area contributed by atoms with Gasteiger partial charge in [0.1, 0.15) is 17.1 Å². The minimum absolute atomic E-state index is 0.00979. The molecule has 1 heterocycles. The number of aryl methyl sites for hydroxylation is 2. The summed E-state index contributed by atoms with van der Waals surface area (Å²) in [5, 5.41) is 3.83. The summed E-state index contributed by atoms with van der Waals surface area (Å²) in [5.41, 5.74) is 3.02. The van der Waals surface area contributed by atoms with Crippen LogP contribution in [0.15, 0.2) is 52.9 Å². The molecule has 1 aromatic heterocycles. The van der Waals surface area contributed by atoms with Crippen LogP contribution in [0.4, 0.5) is 0 Å². The van der Waals surface area contributed by atoms with Gasteiger partial charge < -0.3 is 14.5 Å². The van der Waals surface area contributed by atoms with Crippen molar-refractivity contribution in [1.82, 2.24) is 5.32 Å². The number of nitrogens with one attached hydrogen (secondary N) is 1. The highest BCUT2D eigenvalue weighted by atomic mass is 16.5. The zero-order valence-corrected chi connectivity index (χ0v) is 13.3. The molecule has 0 spiro atoms. The van der Waals surface area contributed by atoms with Gasteiger partial charge in [-0.3, -0.25) is 4.79 Å². The zero-order valence-electron chi connectivity index (χ0n) is 13.3. The van der Waals surface area contributed by atoms with E-state index in [1.54, 1.807) is 0 Å². The van der Waals surface area contributed by atoms with E-state index in [2.05, 4.69) is 5.32 Å². The first-order valence-electron chi connectivity index (χ1n) is 7.56. The molecular weight excluding hydrogens is 290 g/mol. The average Bonchev–Trinajstić information content (AvgIpc) is 2.95. The van der Waals surface area contributed by atoms with Crippen molar-refractivity contribution in [1.29, 1.82) is 0 Å². The lowest BCUT2D eigenvalue weighted by molar-refractivity contribution is -0.123. The predicted octanol–water partition coefficient (Wildman–Crippen LogP) is 3.74. The van der Waals surface area contributed by atoms with Gasteiger partial charge in [-0.15, -0.1) is 0 Å². The van der Waals surface area contributed by atoms with Crippen molar-refractivity contribution in [2.75, 3.05) is 6.61 Å². The quantitative estimate of drug-likeness (QED) is 0.781. The maximum atomic E-state index is 11.9. The summed E-state index contributed by atoms with van der Waals surface area (Å²) in [6, 6.07) is 15.6. The largest absolute Gasteiger partial charge is 0.484 e. The van der Waals surface area contributed by atoms with Gasteiger partial charge in [-0.05, 0) is 37.6 Å². The molecule has 2 aromatic carbocycles. The molecule has 0 saturated heterocycles. The molecule has 0 fully saturated rings. The van der Waals surface area contributed by atoms with E-state index in [-0.39, 0.29) is 12.5 Å². The number of carbonyl (C=O) groups excluding carboxylic acids is 1. The summed E-state index contributed by atoms with van der Waals surface area (Å²) in [7, 11) is 0. The van der Waals surface area contributed by atoms with Crippen LogP contribution in [-0.2, 0) is 11.3 Å². The fourth-order valence-electron chi connectivity index (χ4n) is 2.47. The van der Waals surface area contributed by atoms with E-state index >= 15 is 0 Å². The van der Waals surface area contributed by atoms with Gasteiger partial charge in [0.25, 0.3) is 5.91 Å². The lowest BCUT2D eigenvalue weighted by Crippen LogP contribution is -2.28. The second-order valence-corrected chi connectivity index (χ2v) is 5.58. The van der Waals surface area contributed by atoms with Crippen LogP contribution < -0.4 is 10.1 Å². The molecule has 0 saturated carbocycles. The Kier molecular flexibility index (Phi) is 4.33. The Morgan fingerprint density at radius 3 is 2.74 bits per heavy atom. The minimum atomic E-state index is -0.176. The smallest absolute Gasteiger partial charge is 0.258 e. The highest BCUT2D eigenvalue weighted by Gasteiger charge is 2.07. The minimum Gasteiger partial charge on any atom is -0.484 e. The van der Waals surface area contributed by atoms with Gasteiger partial charge in [0.15, 0.2) is 6.61 Å². The van der Waals surface area contributed by atoms with Gasteiger partial charge in [0, 0.05) is 5.39 Å². The first-order valence-corrected chi connectivity index (χ1v) is 7.56. The van der Waals surface area contributed by atoms with Crippen molar-refractivity contribution in [2.45, 2.75) is 20.4 Å². The van der Waals surface area contributed by atoms with Crippen LogP contribution in [0, 0.1) is 13.8 Å². The number of hydrogen-bond donors (Lipinski definition) is 1. The Labute approximate surface area is 135 Å². The second kappa shape index (κ2) is 6.57. The molecule has 118 valence electrons. The Hall–Kier alpha value is -2.75. The molecule has 4 heteroatoms. The van der Waals surface area contributed by atoms with Gasteiger partial charge in [-0.1, -0.05) is 35.9 Å². The van der Waals surface area contributed by atoms with E-state index in [0.29, 0.717) is 6.54 Å². The van der Waals surface area contributed by atoms with E-state index in [4.69, 9.17) is 9.15 Å². The van der Waals surface area contributed by atoms with Crippen molar-refractivity contribution in [3.63, 3.8) is 0 Å². The molecule has 0 radical (unpaired) electrons. The summed E-state index contributed by atoms with van der Waals surface area (Å²) in [4.78, 5) is 11.9. The molecule has 0 aliphatic carbocycles. The van der Waals surface area contributed by atoms with Crippen LogP contribution in [0.3, 0.4) is 0 Å². The van der Waals surface area contributed by atoms with Gasteiger partial charge in [0.05, 0.1) is 6.54 Å². The molecule has 0 bridgehead atoms. The SMILES string of the molecule is Cc1ccc(OCC(=O)NCc2cc3ccccc3o2)c(C)c1. The molecule has 3 aromatic rings. The molecule has 0 unspecified atom stereocenters. The number of benzene rings is 2. The fraction of sp³-hybridized carbons (Fsp3) is 0.211. The highest BCUT2D eigenvalue weighted by Crippen LogP contribution is 2.19. The lowest BCUT2D eigenvalue weighted by atomic mass is 10.1. The summed E-state index contributed by atoms with van der Waals surface area (Å²) in [5.74, 6) is 1.28. The number of amides is 1. The van der Waals surface area contributed by atoms with E-state index in [1.807, 2.05) is 62.4 Å². The Bertz CT molecular complexity index is 803. The van der Waals surface area contributed by atoms with Crippen LogP contribution in [-0.4, -0.2) is 12.5 Å². The topological polar surface area (TPSA) is 51.5 Å². The number of furan rings is 1. The predicted molar refractivity (Wildman–Crippen MR) is 89.5 cm³/mol. The third-order valence-corrected chi connectivity index (χ3v) is 3.63. The summed E-state index contributed by atoms with van der Waals surface area (Å²) >= 11 is 0. The van der Waals surface area contributed by atoms with Crippen LogP contribution in [0.1, 0.15) is 16.9 Å². The Balaban J connectivity index is 1.53. The van der Waals surface area contributed by atoms with Gasteiger partial charge >= 0.3 is 0 Å². The normalized spacial score (nSPS) is 10.7. The molecule has 4 nitrogen and oxygen atoms in total. The first-order chi connectivity index (χ1) is 11.1. The maximum absolute atomic E-state index is 11.9. The van der Waals surface area contributed by atoms with E-state index in [0.717, 1.165) is 28.0 Å². The van der Waals surface area contributed by atoms with Crippen molar-refractivity contribution in [3.05, 3.63) is 65.4 Å². The standard InChI is InChI=1S/C19H19NO3/c1-13-7-8-17(14(2)9-13)22-12-19(21)20-11-16-10-15-5-3-4-6-18(15)23-16/h3-10H,11-12H2,1-2H3,(H,20,21). The number of para-hydroxylation sites is 1. The number of hydrogen-bond acceptors (Lipinski definition) is 3. The summed E-state index contributed by atoms with van der Waals surface area (Å²) in [6.45, 7) is 4.33. The molecule has 0 aliphatic heterocycles. The summed E-state index contributed by atoms with van der Waals surface area (Å²) in [6.07, 6.45) is 0. The van der Waals surface area contributed by atoms with Gasteiger partial charge in [0.2, 0.25) is 0 Å². The van der Waals surface area contributed by atoms with Crippen molar-refractivity contribution in [3.8, 4) is 5.75 Å². The zero-order chi connectivity index (χ0) is 16.2. The van der Waals surface area contributed by atoms with Gasteiger partial charge in [-0.2, -0.15) is 0 Å². The highest BCUT2D eigenvalue weighted by molar-refractivity contribution is 5.79. The third kappa shape index (κ3) is 3.72. The van der Waals surface area contributed by atoms with Crippen LogP contribution in [0.5, 0.6) is 5.75 Å². The molecule has 1 N–H and O–H groups in total. The van der Waals surface area contributed by atoms with Gasteiger partial charge in [-0.25, -0.2) is 0 Å². The molecule has 23 heavy (non-hydrogen) atoms. The molecular formula is C19H19NO3. The van der Waals surface area contributed by atoms with Crippen LogP contribution in [0.25, 0.3) is 11.0 Å². The lowest BCUT2D eigenvalue weighted by Gasteiger charge is -2.09. The Morgan fingerprint density at radius 2 is 1.96 bits per heavy atom. The number of fused-ring (bicyclic) bond motifs is 1. The number of carbonyl (C=O) groups is 1. The molecule has 3 rings (SSSR count). The average molecular weight is 309 g/mol. The Morgan fingerprint density at radius 1 is 1.13 bits per heavy atom. The van der Waals surface area contributed by atoms with E-state index in [9.17, 15) is 4.79 Å². The number of rotatable bonds is 5. The maximum Gasteiger partial charge on any atom is 0.258 e. The molecule has 0 aliphatic rings. The number of ether oxygens (including phenoxy) is 1. The summed E-state index contributed by atoms with van der Waals surface area (Å²) < 4.78 is 11.2. The van der Waals surface area contributed by atoms with Crippen molar-refractivity contribution >= 4 is 16.9 Å². The molecule has 0 atom stereocenters. The van der Waals surface area contributed by atoms with Crippen molar-refractivity contribution in [2.24, 2.45) is 0 Å². The van der Waals surface area contributed by atoms with Crippen molar-refractivity contribution < 1.29 is 13.9 Å². The third-order valence-electron chi connectivity index (χ3n) is 3.63. The fourth-order valence-corrected chi connectivity index (χ4v) is 2.47. The monoisotopic (exact) mass is 309 g/mol. The second-order valence-electron chi connectivity index (χ2n) is 5.58. The van der Waals surface area contributed by atoms with Crippen LogP contribution >= 0.6 is 0 Å². The van der Waals surface area contributed by atoms with E-state index < -0.39 is 0 Å².